The molecule has 0 saturated heterocycles. The van der Waals surface area contributed by atoms with Crippen LogP contribution in [0.25, 0.3) is 21.7 Å². The summed E-state index contributed by atoms with van der Waals surface area (Å²) in [5, 5.41) is 16.1. The Kier molecular flexibility index (Phi) is 5.26. The van der Waals surface area contributed by atoms with Gasteiger partial charge >= 0.3 is 5.97 Å². The number of aromatic nitrogens is 3. The van der Waals surface area contributed by atoms with Crippen molar-refractivity contribution in [2.24, 2.45) is 0 Å². The van der Waals surface area contributed by atoms with Crippen LogP contribution >= 0.6 is 11.6 Å². The minimum absolute atomic E-state index is 0.106. The third-order valence-electron chi connectivity index (χ3n) is 5.19. The van der Waals surface area contributed by atoms with Gasteiger partial charge < -0.3 is 10.4 Å². The monoisotopic (exact) mass is 420 g/mol. The van der Waals surface area contributed by atoms with Gasteiger partial charge in [-0.2, -0.15) is 0 Å². The van der Waals surface area contributed by atoms with Crippen molar-refractivity contribution < 1.29 is 9.90 Å². The standard InChI is InChI=1S/C23H21ClN4O2/c1-4-18-17-11-25-8-7-14(17)16-10-12(2)9-15(21(16)27-18)13(3)26-19-5-6-20(24)28-22(19)23(29)30/h5-11,13,26H,4H2,1-3H3,(H,29,30)/t13-/m1/s1. The highest BCUT2D eigenvalue weighted by Crippen LogP contribution is 2.33. The average molecular weight is 421 g/mol. The number of rotatable bonds is 5. The Morgan fingerprint density at radius 1 is 1.17 bits per heavy atom. The minimum Gasteiger partial charge on any atom is -0.476 e. The Balaban J connectivity index is 1.89. The molecule has 0 bridgehead atoms. The Hall–Kier alpha value is -3.25. The molecule has 0 aliphatic heterocycles. The van der Waals surface area contributed by atoms with Crippen LogP contribution in [0.4, 0.5) is 5.69 Å². The van der Waals surface area contributed by atoms with E-state index in [0.29, 0.717) is 5.69 Å². The third-order valence-corrected chi connectivity index (χ3v) is 5.40. The molecule has 4 rings (SSSR count). The number of halogens is 1. The van der Waals surface area contributed by atoms with Gasteiger partial charge in [-0.15, -0.1) is 0 Å². The predicted molar refractivity (Wildman–Crippen MR) is 119 cm³/mol. The zero-order chi connectivity index (χ0) is 21.4. The fraction of sp³-hybridized carbons (Fsp3) is 0.217. The number of fused-ring (bicyclic) bond motifs is 3. The summed E-state index contributed by atoms with van der Waals surface area (Å²) in [6, 6.07) is 9.25. The first kappa shape index (κ1) is 20.0. The molecule has 0 radical (unpaired) electrons. The second-order valence-electron chi connectivity index (χ2n) is 7.28. The highest BCUT2D eigenvalue weighted by atomic mass is 35.5. The van der Waals surface area contributed by atoms with Gasteiger partial charge in [-0.3, -0.25) is 9.97 Å². The van der Waals surface area contributed by atoms with E-state index >= 15 is 0 Å². The van der Waals surface area contributed by atoms with Gasteiger partial charge in [-0.1, -0.05) is 30.2 Å². The second-order valence-corrected chi connectivity index (χ2v) is 7.67. The van der Waals surface area contributed by atoms with Crippen molar-refractivity contribution in [3.8, 4) is 0 Å². The minimum atomic E-state index is -1.13. The Bertz CT molecular complexity index is 1290. The van der Waals surface area contributed by atoms with Crippen LogP contribution in [0.5, 0.6) is 0 Å². The smallest absolute Gasteiger partial charge is 0.356 e. The van der Waals surface area contributed by atoms with E-state index < -0.39 is 5.97 Å². The van der Waals surface area contributed by atoms with Crippen LogP contribution < -0.4 is 5.32 Å². The van der Waals surface area contributed by atoms with Gasteiger partial charge in [0, 0.05) is 28.7 Å². The summed E-state index contributed by atoms with van der Waals surface area (Å²) in [5.74, 6) is -1.13. The Labute approximate surface area is 179 Å². The van der Waals surface area contributed by atoms with Crippen molar-refractivity contribution in [2.75, 3.05) is 5.32 Å². The molecule has 0 fully saturated rings. The van der Waals surface area contributed by atoms with Crippen molar-refractivity contribution in [2.45, 2.75) is 33.2 Å². The van der Waals surface area contributed by atoms with E-state index in [1.807, 2.05) is 26.1 Å². The van der Waals surface area contributed by atoms with Gasteiger partial charge in [0.15, 0.2) is 5.69 Å². The van der Waals surface area contributed by atoms with Crippen LogP contribution in [0.2, 0.25) is 5.15 Å². The summed E-state index contributed by atoms with van der Waals surface area (Å²) < 4.78 is 0. The van der Waals surface area contributed by atoms with E-state index in [4.69, 9.17) is 16.6 Å². The number of nitrogens with zero attached hydrogens (tertiary/aromatic N) is 3. The number of hydrogen-bond donors (Lipinski definition) is 2. The zero-order valence-electron chi connectivity index (χ0n) is 16.9. The van der Waals surface area contributed by atoms with E-state index in [1.54, 1.807) is 18.3 Å². The maximum Gasteiger partial charge on any atom is 0.356 e. The van der Waals surface area contributed by atoms with E-state index in [-0.39, 0.29) is 16.9 Å². The maximum atomic E-state index is 11.6. The summed E-state index contributed by atoms with van der Waals surface area (Å²) in [4.78, 5) is 24.8. The summed E-state index contributed by atoms with van der Waals surface area (Å²) >= 11 is 5.88. The largest absolute Gasteiger partial charge is 0.476 e. The lowest BCUT2D eigenvalue weighted by molar-refractivity contribution is 0.0691. The van der Waals surface area contributed by atoms with E-state index in [9.17, 15) is 9.90 Å². The van der Waals surface area contributed by atoms with Gasteiger partial charge in [0.25, 0.3) is 0 Å². The molecule has 0 unspecified atom stereocenters. The number of aryl methyl sites for hydroxylation is 2. The summed E-state index contributed by atoms with van der Waals surface area (Å²) in [6.07, 6.45) is 4.45. The summed E-state index contributed by atoms with van der Waals surface area (Å²) in [7, 11) is 0. The number of aromatic carboxylic acids is 1. The number of hydrogen-bond acceptors (Lipinski definition) is 5. The number of nitrogens with one attached hydrogen (secondary N) is 1. The topological polar surface area (TPSA) is 88.0 Å². The number of benzene rings is 1. The molecule has 3 aromatic heterocycles. The molecule has 2 N–H and O–H groups in total. The lowest BCUT2D eigenvalue weighted by Gasteiger charge is -2.20. The number of carboxylic acid groups (broad SMARTS) is 1. The van der Waals surface area contributed by atoms with Crippen LogP contribution in [0.15, 0.2) is 42.7 Å². The molecule has 7 heteroatoms. The van der Waals surface area contributed by atoms with Gasteiger partial charge in [0.2, 0.25) is 0 Å². The molecule has 1 atom stereocenters. The molecule has 0 aliphatic carbocycles. The maximum absolute atomic E-state index is 11.6. The molecular formula is C23H21ClN4O2. The van der Waals surface area contributed by atoms with Crippen LogP contribution in [-0.2, 0) is 6.42 Å². The molecule has 0 amide bonds. The number of carbonyl (C=O) groups is 1. The van der Waals surface area contributed by atoms with Gasteiger partial charge in [-0.25, -0.2) is 9.78 Å². The second kappa shape index (κ2) is 7.88. The molecular weight excluding hydrogens is 400 g/mol. The molecule has 152 valence electrons. The number of carboxylic acids is 1. The van der Waals surface area contributed by atoms with Crippen LogP contribution in [-0.4, -0.2) is 26.0 Å². The van der Waals surface area contributed by atoms with Crippen LogP contribution in [0, 0.1) is 6.92 Å². The van der Waals surface area contributed by atoms with E-state index in [0.717, 1.165) is 44.9 Å². The lowest BCUT2D eigenvalue weighted by Crippen LogP contribution is -2.13. The van der Waals surface area contributed by atoms with Crippen LogP contribution in [0.3, 0.4) is 0 Å². The predicted octanol–water partition coefficient (Wildman–Crippen LogP) is 5.57. The molecule has 4 aromatic rings. The number of anilines is 1. The van der Waals surface area contributed by atoms with E-state index in [1.165, 1.54) is 0 Å². The van der Waals surface area contributed by atoms with Crippen molar-refractivity contribution in [3.63, 3.8) is 0 Å². The fourth-order valence-corrected chi connectivity index (χ4v) is 3.96. The molecule has 0 aliphatic rings. The quantitative estimate of drug-likeness (QED) is 0.324. The number of pyridine rings is 3. The van der Waals surface area contributed by atoms with E-state index in [2.05, 4.69) is 34.3 Å². The zero-order valence-corrected chi connectivity index (χ0v) is 17.7. The first-order valence-electron chi connectivity index (χ1n) is 9.72. The first-order chi connectivity index (χ1) is 14.4. The van der Waals surface area contributed by atoms with Crippen molar-refractivity contribution >= 4 is 44.9 Å². The van der Waals surface area contributed by atoms with Crippen LogP contribution in [0.1, 0.15) is 47.2 Å². The fourth-order valence-electron chi connectivity index (χ4n) is 3.82. The van der Waals surface area contributed by atoms with Crippen molar-refractivity contribution in [1.29, 1.82) is 0 Å². The first-order valence-corrected chi connectivity index (χ1v) is 10.1. The lowest BCUT2D eigenvalue weighted by atomic mass is 9.96. The van der Waals surface area contributed by atoms with Gasteiger partial charge in [-0.05, 0) is 49.9 Å². The van der Waals surface area contributed by atoms with Gasteiger partial charge in [0.1, 0.15) is 5.15 Å². The highest BCUT2D eigenvalue weighted by Gasteiger charge is 2.19. The molecule has 1 aromatic carbocycles. The molecule has 30 heavy (non-hydrogen) atoms. The average Bonchev–Trinajstić information content (AvgIpc) is 2.73. The SMILES string of the molecule is CCc1nc2c([C@@H](C)Nc3ccc(Cl)nc3C(=O)O)cc(C)cc2c2ccncc12. The molecule has 6 nitrogen and oxygen atoms in total. The highest BCUT2D eigenvalue weighted by molar-refractivity contribution is 6.29. The third kappa shape index (κ3) is 3.55. The Morgan fingerprint density at radius 3 is 2.70 bits per heavy atom. The molecule has 3 heterocycles. The normalized spacial score (nSPS) is 12.3. The summed E-state index contributed by atoms with van der Waals surface area (Å²) in [6.45, 7) is 6.11. The summed E-state index contributed by atoms with van der Waals surface area (Å²) in [5.41, 5.74) is 4.28. The van der Waals surface area contributed by atoms with Crippen molar-refractivity contribution in [1.82, 2.24) is 15.0 Å². The molecule has 0 saturated carbocycles. The Morgan fingerprint density at radius 2 is 1.97 bits per heavy atom. The molecule has 0 spiro atoms. The van der Waals surface area contributed by atoms with Gasteiger partial charge in [0.05, 0.1) is 22.9 Å². The van der Waals surface area contributed by atoms with Crippen molar-refractivity contribution in [3.05, 3.63) is 70.4 Å².